The SMILES string of the molecule is C=C.NC(\C=C/C(=C\C=C\Cc1ccccc1)c1ccccc1)Cc1cccc(-c2ccc3c(c2)C2(C/C=C\C=C/Oc4ccccc42)c2c-3c3ccccc3c3ccccc23)c1. The van der Waals surface area contributed by atoms with Crippen LogP contribution in [0.2, 0.25) is 0 Å². The Kier molecular flexibility index (Phi) is 12.1. The highest BCUT2D eigenvalue weighted by molar-refractivity contribution is 6.18. The number of allylic oxidation sites excluding steroid dienone is 8. The van der Waals surface area contributed by atoms with Crippen molar-refractivity contribution < 1.29 is 4.74 Å². The second-order valence-electron chi connectivity index (χ2n) is 16.1. The molecule has 2 nitrogen and oxygen atoms in total. The van der Waals surface area contributed by atoms with Crippen LogP contribution in [0.25, 0.3) is 49.4 Å². The van der Waals surface area contributed by atoms with Gasteiger partial charge in [-0.2, -0.15) is 0 Å². The van der Waals surface area contributed by atoms with Crippen LogP contribution in [0.5, 0.6) is 5.75 Å². The van der Waals surface area contributed by atoms with Crippen molar-refractivity contribution in [2.45, 2.75) is 30.7 Å². The summed E-state index contributed by atoms with van der Waals surface area (Å²) in [5.41, 5.74) is 19.9. The minimum Gasteiger partial charge on any atom is -0.465 e. The number of rotatable bonds is 9. The Labute approximate surface area is 372 Å². The number of ether oxygens (including phenoxy) is 1. The third-order valence-electron chi connectivity index (χ3n) is 12.4. The predicted molar refractivity (Wildman–Crippen MR) is 268 cm³/mol. The van der Waals surface area contributed by atoms with Gasteiger partial charge in [-0.3, -0.25) is 0 Å². The largest absolute Gasteiger partial charge is 0.465 e. The third-order valence-corrected chi connectivity index (χ3v) is 12.4. The second-order valence-corrected chi connectivity index (χ2v) is 16.1. The van der Waals surface area contributed by atoms with E-state index in [1.807, 2.05) is 6.08 Å². The summed E-state index contributed by atoms with van der Waals surface area (Å²) in [5, 5.41) is 5.10. The average Bonchev–Trinajstić information content (AvgIpc) is 3.68. The summed E-state index contributed by atoms with van der Waals surface area (Å²) in [6, 6.07) is 63.4. The molecule has 63 heavy (non-hydrogen) atoms. The lowest BCUT2D eigenvalue weighted by molar-refractivity contribution is 0.463. The fourth-order valence-corrected chi connectivity index (χ4v) is 9.61. The van der Waals surface area contributed by atoms with Crippen molar-refractivity contribution in [1.82, 2.24) is 0 Å². The molecule has 2 unspecified atom stereocenters. The second kappa shape index (κ2) is 18.6. The first-order valence-electron chi connectivity index (χ1n) is 21.8. The Morgan fingerprint density at radius 3 is 2.11 bits per heavy atom. The summed E-state index contributed by atoms with van der Waals surface area (Å²) in [7, 11) is 0. The summed E-state index contributed by atoms with van der Waals surface area (Å²) in [4.78, 5) is 0. The molecule has 2 N–H and O–H groups in total. The summed E-state index contributed by atoms with van der Waals surface area (Å²) in [6.45, 7) is 6.00. The zero-order valence-electron chi connectivity index (χ0n) is 35.5. The van der Waals surface area contributed by atoms with E-state index in [0.29, 0.717) is 0 Å². The highest BCUT2D eigenvalue weighted by Gasteiger charge is 2.47. The molecular weight excluding hydrogens is 763 g/mol. The fraction of sp³-hybridized carbons (Fsp3) is 0.0820. The van der Waals surface area contributed by atoms with E-state index in [4.69, 9.17) is 10.5 Å². The van der Waals surface area contributed by atoms with Gasteiger partial charge >= 0.3 is 0 Å². The molecule has 1 aliphatic heterocycles. The van der Waals surface area contributed by atoms with E-state index in [0.717, 1.165) is 36.1 Å². The third kappa shape index (κ3) is 8.06. The number of hydrogen-bond donors (Lipinski definition) is 1. The molecule has 2 heteroatoms. The molecule has 1 aliphatic carbocycles. The fourth-order valence-electron chi connectivity index (χ4n) is 9.61. The van der Waals surface area contributed by atoms with Crippen molar-refractivity contribution >= 4 is 27.1 Å². The van der Waals surface area contributed by atoms with E-state index in [2.05, 4.69) is 232 Å². The minimum absolute atomic E-state index is 0.161. The van der Waals surface area contributed by atoms with Gasteiger partial charge in [-0.25, -0.2) is 0 Å². The van der Waals surface area contributed by atoms with Gasteiger partial charge in [-0.05, 0) is 115 Å². The maximum absolute atomic E-state index is 6.89. The van der Waals surface area contributed by atoms with Crippen LogP contribution < -0.4 is 10.5 Å². The van der Waals surface area contributed by atoms with E-state index >= 15 is 0 Å². The number of benzene rings is 8. The number of fused-ring (bicyclic) bond motifs is 12. The van der Waals surface area contributed by atoms with Crippen LogP contribution in [-0.4, -0.2) is 6.04 Å². The average molecular weight is 814 g/mol. The molecule has 0 amide bonds. The van der Waals surface area contributed by atoms with E-state index in [1.165, 1.54) is 71.6 Å². The molecule has 10 rings (SSSR count). The van der Waals surface area contributed by atoms with E-state index in [1.54, 1.807) is 6.26 Å². The topological polar surface area (TPSA) is 35.2 Å². The normalized spacial score (nSPS) is 16.9. The van der Waals surface area contributed by atoms with Crippen LogP contribution in [0.15, 0.2) is 244 Å². The highest BCUT2D eigenvalue weighted by Crippen LogP contribution is 2.61. The van der Waals surface area contributed by atoms with Crippen molar-refractivity contribution in [1.29, 1.82) is 0 Å². The van der Waals surface area contributed by atoms with Gasteiger partial charge in [0.1, 0.15) is 5.75 Å². The van der Waals surface area contributed by atoms with Gasteiger partial charge in [-0.1, -0.05) is 206 Å². The first-order chi connectivity index (χ1) is 31.2. The molecule has 0 saturated heterocycles. The molecule has 306 valence electrons. The maximum atomic E-state index is 6.89. The van der Waals surface area contributed by atoms with E-state index in [-0.39, 0.29) is 6.04 Å². The van der Waals surface area contributed by atoms with Crippen LogP contribution >= 0.6 is 0 Å². The molecule has 8 aromatic rings. The van der Waals surface area contributed by atoms with Crippen LogP contribution in [0, 0.1) is 0 Å². The standard InChI is InChI=1S/C59H47NO.C2H4/c60-48(35-33-45(44-23-6-2-7-24-44)25-9-8-21-42-19-4-1-5-20-42)40-43-22-18-26-46(39-43)47-34-36-53-55(41-47)59(37-16-3-17-38-61-56-32-15-14-31-54(56)59)58-52-30-13-11-28-50(52)49-27-10-12-29-51(49)57(53)58;1-2/h1-20,22-36,38-39,41,48H,21,37,40,60H2;1-2H2/b9-8+,16-3-,35-33-,38-17-,45-25+;. The lowest BCUT2D eigenvalue weighted by Crippen LogP contribution is -2.27. The van der Waals surface area contributed by atoms with Crippen LogP contribution in [-0.2, 0) is 18.3 Å². The van der Waals surface area contributed by atoms with Gasteiger partial charge in [-0.15, -0.1) is 13.2 Å². The van der Waals surface area contributed by atoms with E-state index < -0.39 is 5.41 Å². The first-order valence-corrected chi connectivity index (χ1v) is 21.8. The highest BCUT2D eigenvalue weighted by atomic mass is 16.5. The molecule has 0 radical (unpaired) electrons. The molecule has 0 fully saturated rings. The van der Waals surface area contributed by atoms with Gasteiger partial charge < -0.3 is 10.5 Å². The van der Waals surface area contributed by atoms with E-state index in [9.17, 15) is 0 Å². The van der Waals surface area contributed by atoms with Crippen molar-refractivity contribution in [3.63, 3.8) is 0 Å². The predicted octanol–water partition coefficient (Wildman–Crippen LogP) is 14.9. The van der Waals surface area contributed by atoms with Gasteiger partial charge in [0.05, 0.1) is 11.7 Å². The Balaban J connectivity index is 0.00000249. The molecule has 8 aromatic carbocycles. The zero-order chi connectivity index (χ0) is 43.0. The molecule has 2 aliphatic rings. The quantitative estimate of drug-likeness (QED) is 0.0895. The summed E-state index contributed by atoms with van der Waals surface area (Å²) in [6.07, 6.45) is 21.5. The van der Waals surface area contributed by atoms with Crippen LogP contribution in [0.3, 0.4) is 0 Å². The molecule has 0 saturated carbocycles. The Morgan fingerprint density at radius 1 is 0.635 bits per heavy atom. The lowest BCUT2D eigenvalue weighted by atomic mass is 9.68. The van der Waals surface area contributed by atoms with Gasteiger partial charge in [0, 0.05) is 11.6 Å². The Bertz CT molecular complexity index is 3060. The number of hydrogen-bond acceptors (Lipinski definition) is 2. The number of para-hydroxylation sites is 1. The molecular formula is C61H51NO. The summed E-state index contributed by atoms with van der Waals surface area (Å²) >= 11 is 0. The molecule has 1 heterocycles. The Hall–Kier alpha value is -7.52. The monoisotopic (exact) mass is 813 g/mol. The molecule has 1 spiro atoms. The van der Waals surface area contributed by atoms with Crippen molar-refractivity contribution in [3.05, 3.63) is 277 Å². The van der Waals surface area contributed by atoms with Crippen molar-refractivity contribution in [2.75, 3.05) is 0 Å². The zero-order valence-corrected chi connectivity index (χ0v) is 35.5. The maximum Gasteiger partial charge on any atom is 0.130 e. The van der Waals surface area contributed by atoms with Crippen molar-refractivity contribution in [2.24, 2.45) is 5.73 Å². The number of nitrogens with two attached hydrogens (primary N) is 1. The van der Waals surface area contributed by atoms with Gasteiger partial charge in [0.2, 0.25) is 0 Å². The van der Waals surface area contributed by atoms with Gasteiger partial charge in [0.15, 0.2) is 0 Å². The van der Waals surface area contributed by atoms with Crippen molar-refractivity contribution in [3.8, 4) is 28.0 Å². The van der Waals surface area contributed by atoms with Crippen LogP contribution in [0.1, 0.15) is 39.8 Å². The Morgan fingerprint density at radius 2 is 1.30 bits per heavy atom. The molecule has 0 bridgehead atoms. The summed E-state index contributed by atoms with van der Waals surface area (Å²) in [5.74, 6) is 0.876. The molecule has 0 aromatic heterocycles. The summed E-state index contributed by atoms with van der Waals surface area (Å²) < 4.78 is 6.44. The minimum atomic E-state index is -0.505. The smallest absolute Gasteiger partial charge is 0.130 e. The lowest BCUT2D eigenvalue weighted by Gasteiger charge is -2.34. The van der Waals surface area contributed by atoms with Gasteiger partial charge in [0.25, 0.3) is 0 Å². The molecule has 2 atom stereocenters. The first kappa shape index (κ1) is 40.9. The van der Waals surface area contributed by atoms with Crippen LogP contribution in [0.4, 0.5) is 0 Å².